The fourth-order valence-corrected chi connectivity index (χ4v) is 209. The van der Waals surface area contributed by atoms with Crippen LogP contribution in [0.15, 0.2) is 0 Å². The van der Waals surface area contributed by atoms with Gasteiger partial charge in [-0.05, 0) is 34.2 Å². The lowest BCUT2D eigenvalue weighted by Crippen LogP contribution is -2.37. The van der Waals surface area contributed by atoms with Crippen molar-refractivity contribution in [2.75, 3.05) is 0 Å². The largest absolute Gasteiger partial charge is 0.0745 e. The van der Waals surface area contributed by atoms with Crippen molar-refractivity contribution in [3.63, 3.8) is 0 Å². The molecule has 0 nitrogen and oxygen atoms in total. The Morgan fingerprint density at radius 1 is 1.00 bits per heavy atom. The molecule has 1 fully saturated rings. The quantitative estimate of drug-likeness (QED) is 0.350. The first kappa shape index (κ1) is 6.21. The molecule has 7 heavy (non-hydrogen) atoms. The molecule has 1 aliphatic rings. The maximum atomic E-state index is 2.69. The molecule has 1 aliphatic heterocycles. The molecule has 0 radical (unpaired) electrons. The molecule has 0 spiro atoms. The Hall–Kier alpha value is 1.08. The van der Waals surface area contributed by atoms with Crippen LogP contribution in [-0.2, 0) is 0 Å². The Morgan fingerprint density at radius 2 is 1.43 bits per heavy atom. The summed E-state index contributed by atoms with van der Waals surface area (Å²) < 4.78 is 0. The summed E-state index contributed by atoms with van der Waals surface area (Å²) in [4.78, 5) is 0. The van der Waals surface area contributed by atoms with Gasteiger partial charge < -0.3 is 0 Å². The zero-order valence-electron chi connectivity index (χ0n) is 5.33. The van der Waals surface area contributed by atoms with E-state index in [0.29, 0.717) is 0 Å². The summed E-state index contributed by atoms with van der Waals surface area (Å²) in [5.41, 5.74) is 0. The Kier molecular flexibility index (Phi) is 1.89. The van der Waals surface area contributed by atoms with Crippen LogP contribution in [0.4, 0.5) is 0 Å². The first-order valence-electron chi connectivity index (χ1n) is 3.21. The Bertz CT molecular complexity index is 60.5. The third-order valence-corrected chi connectivity index (χ3v) is 105. The Labute approximate surface area is 54.7 Å². The second-order valence-corrected chi connectivity index (χ2v) is 53.6. The molecule has 0 saturated carbocycles. The lowest BCUT2D eigenvalue weighted by atomic mass is 11.9. The van der Waals surface area contributed by atoms with E-state index >= 15 is 0 Å². The van der Waals surface area contributed by atoms with Crippen LogP contribution in [-0.4, -0.2) is 41.3 Å². The predicted molar refractivity (Wildman–Crippen MR) is 51.7 cm³/mol. The lowest BCUT2D eigenvalue weighted by Gasteiger charge is -2.10. The van der Waals surface area contributed by atoms with Gasteiger partial charge in [-0.15, -0.1) is 0 Å². The molecule has 1 heterocycles. The average Bonchev–Trinajstić information content (AvgIpc) is 1.84. The van der Waals surface area contributed by atoms with Crippen LogP contribution in [0.5, 0.6) is 0 Å². The van der Waals surface area contributed by atoms with Crippen LogP contribution >= 0.6 is 0 Å². The molecule has 0 bridgehead atoms. The molecule has 0 N–H and O–H groups in total. The van der Waals surface area contributed by atoms with Gasteiger partial charge in [0.1, 0.15) is 0 Å². The summed E-state index contributed by atoms with van der Waals surface area (Å²) in [7, 11) is 3.09. The molecule has 0 amide bonds. The van der Waals surface area contributed by atoms with Gasteiger partial charge in [-0.3, -0.25) is 0 Å². The van der Waals surface area contributed by atoms with Crippen molar-refractivity contribution < 1.29 is 0 Å². The zero-order chi connectivity index (χ0) is 5.33. The van der Waals surface area contributed by atoms with Gasteiger partial charge in [0.05, 0.1) is 0 Å². The highest BCUT2D eigenvalue weighted by atomic mass is 30.1. The minimum absolute atomic E-state index is 0.139. The van der Waals surface area contributed by atoms with Gasteiger partial charge in [0.2, 0.25) is 0 Å². The van der Waals surface area contributed by atoms with Crippen LogP contribution < -0.4 is 0 Å². The lowest BCUT2D eigenvalue weighted by molar-refractivity contribution is 2.05. The topological polar surface area (TPSA) is 0 Å². The van der Waals surface area contributed by atoms with Gasteiger partial charge in [0.15, 0.2) is 0 Å². The molecule has 0 atom stereocenters. The molecule has 42 valence electrons. The van der Waals surface area contributed by atoms with E-state index in [2.05, 4.69) is 13.1 Å². The van der Waals surface area contributed by atoms with Crippen LogP contribution in [0.1, 0.15) is 0 Å². The van der Waals surface area contributed by atoms with Gasteiger partial charge in [0, 0.05) is 7.11 Å². The minimum Gasteiger partial charge on any atom is -0.0745 e. The van der Waals surface area contributed by atoms with E-state index in [4.69, 9.17) is 0 Å². The minimum atomic E-state index is -0.139. The summed E-state index contributed by atoms with van der Waals surface area (Å²) >= 11 is 0. The second kappa shape index (κ2) is 2.13. The first-order valence-corrected chi connectivity index (χ1v) is 22.9. The number of hydrogen-bond donors (Lipinski definition) is 0. The van der Waals surface area contributed by atoms with Gasteiger partial charge in [0.25, 0.3) is 0 Å². The highest BCUT2D eigenvalue weighted by Crippen LogP contribution is 1.98. The van der Waals surface area contributed by atoms with E-state index in [1.54, 1.807) is 0 Å². The average molecular weight is 179 g/mol. The molecular weight excluding hydrogens is 164 g/mol. The van der Waals surface area contributed by atoms with Crippen LogP contribution in [0, 0.1) is 0 Å². The maximum Gasteiger partial charge on any atom is 0.0155 e. The number of hydrogen-bond acceptors (Lipinski definition) is 0. The van der Waals surface area contributed by atoms with E-state index in [-0.39, 0.29) is 7.11 Å². The van der Waals surface area contributed by atoms with Crippen molar-refractivity contribution in [1.29, 1.82) is 0 Å². The molecule has 1 saturated heterocycles. The van der Waals surface area contributed by atoms with Crippen molar-refractivity contribution in [2.24, 2.45) is 0 Å². The summed E-state index contributed by atoms with van der Waals surface area (Å²) in [6.07, 6.45) is 0. The normalized spacial score (nSPS) is 42.0. The molecule has 0 unspecified atom stereocenters. The molecule has 0 aliphatic carbocycles. The fourth-order valence-electron chi connectivity index (χ4n) is 1.33. The maximum absolute atomic E-state index is 2.69. The van der Waals surface area contributed by atoms with Crippen molar-refractivity contribution in [3.8, 4) is 0 Å². The summed E-state index contributed by atoms with van der Waals surface area (Å²) in [5, 5.41) is 0. The van der Waals surface area contributed by atoms with Gasteiger partial charge in [-0.2, -0.15) is 0 Å². The van der Waals surface area contributed by atoms with Gasteiger partial charge >= 0.3 is 0 Å². The van der Waals surface area contributed by atoms with E-state index in [1.807, 2.05) is 0 Å². The molecule has 0 aromatic heterocycles. The van der Waals surface area contributed by atoms with Gasteiger partial charge in [-0.1, -0.05) is 13.1 Å². The van der Waals surface area contributed by atoms with Crippen molar-refractivity contribution >= 4 is 41.3 Å². The third-order valence-electron chi connectivity index (χ3n) is 1.96. The standard InChI is InChI=1S/C2H14Si5/c1-7(2)5-3-4-6-7/h3-6H2,1-2H3. The van der Waals surface area contributed by atoms with Gasteiger partial charge in [-0.25, -0.2) is 0 Å². The fraction of sp³-hybridized carbons (Fsp3) is 1.00. The Balaban J connectivity index is 2.40. The Morgan fingerprint density at radius 3 is 1.57 bits per heavy atom. The van der Waals surface area contributed by atoms with Crippen LogP contribution in [0.2, 0.25) is 13.1 Å². The monoisotopic (exact) mass is 178 g/mol. The van der Waals surface area contributed by atoms with E-state index in [1.165, 1.54) is 0 Å². The van der Waals surface area contributed by atoms with E-state index < -0.39 is 0 Å². The molecule has 0 aromatic carbocycles. The van der Waals surface area contributed by atoms with Crippen molar-refractivity contribution in [3.05, 3.63) is 0 Å². The predicted octanol–water partition coefficient (Wildman–Crippen LogP) is -2.88. The van der Waals surface area contributed by atoms with E-state index in [9.17, 15) is 0 Å². The molecular formula is C2H14Si5. The van der Waals surface area contributed by atoms with Crippen LogP contribution in [0.3, 0.4) is 0 Å². The van der Waals surface area contributed by atoms with Crippen molar-refractivity contribution in [2.45, 2.75) is 13.1 Å². The van der Waals surface area contributed by atoms with E-state index in [0.717, 1.165) is 34.2 Å². The van der Waals surface area contributed by atoms with Crippen molar-refractivity contribution in [1.82, 2.24) is 0 Å². The third kappa shape index (κ3) is 1.80. The molecule has 1 rings (SSSR count). The summed E-state index contributed by atoms with van der Waals surface area (Å²) in [6.45, 7) is 5.39. The SMILES string of the molecule is C[Si]1(C)[SiH2][SiH2][SiH2][SiH2]1. The molecule has 5 heteroatoms. The highest BCUT2D eigenvalue weighted by molar-refractivity contribution is 7.85. The van der Waals surface area contributed by atoms with Crippen LogP contribution in [0.25, 0.3) is 0 Å². The highest BCUT2D eigenvalue weighted by Gasteiger charge is 2.25. The molecule has 0 aromatic rings. The zero-order valence-corrected chi connectivity index (χ0v) is 12.0. The second-order valence-electron chi connectivity index (χ2n) is 3.37. The summed E-state index contributed by atoms with van der Waals surface area (Å²) in [5.74, 6) is 0. The summed E-state index contributed by atoms with van der Waals surface area (Å²) in [6, 6.07) is 0. The number of rotatable bonds is 0. The smallest absolute Gasteiger partial charge is 0.0155 e. The first-order chi connectivity index (χ1) is 3.21.